The first kappa shape index (κ1) is 26.5. The molecule has 0 aliphatic carbocycles. The third-order valence-corrected chi connectivity index (χ3v) is 7.81. The number of carbonyl (C=O) groups is 1. The lowest BCUT2D eigenvalue weighted by atomic mass is 9.95. The molecule has 7 heteroatoms. The maximum absolute atomic E-state index is 12.7. The zero-order valence-electron chi connectivity index (χ0n) is 21.7. The van der Waals surface area contributed by atoms with Gasteiger partial charge in [-0.3, -0.25) is 4.79 Å². The van der Waals surface area contributed by atoms with Crippen LogP contribution in [0.25, 0.3) is 10.9 Å². The predicted octanol–water partition coefficient (Wildman–Crippen LogP) is 6.93. The van der Waals surface area contributed by atoms with E-state index in [9.17, 15) is 13.2 Å². The van der Waals surface area contributed by atoms with Crippen LogP contribution in [0.3, 0.4) is 0 Å². The molecule has 4 rings (SSSR count). The number of aryl methyl sites for hydroxylation is 1. The van der Waals surface area contributed by atoms with Crippen molar-refractivity contribution in [2.45, 2.75) is 64.3 Å². The molecule has 6 nitrogen and oxygen atoms in total. The van der Waals surface area contributed by atoms with Gasteiger partial charge >= 0.3 is 16.1 Å². The molecule has 0 aliphatic rings. The molecule has 0 radical (unpaired) electrons. The van der Waals surface area contributed by atoms with Crippen molar-refractivity contribution in [3.63, 3.8) is 0 Å². The van der Waals surface area contributed by atoms with Crippen molar-refractivity contribution in [2.24, 2.45) is 0 Å². The van der Waals surface area contributed by atoms with E-state index in [2.05, 4.69) is 17.6 Å². The maximum Gasteiger partial charge on any atom is 0.339 e. The first-order chi connectivity index (χ1) is 17.7. The van der Waals surface area contributed by atoms with E-state index in [0.29, 0.717) is 18.7 Å². The topological polar surface area (TPSA) is 74.6 Å². The highest BCUT2D eigenvalue weighted by molar-refractivity contribution is 7.87. The third kappa shape index (κ3) is 6.23. The molecule has 0 amide bonds. The summed E-state index contributed by atoms with van der Waals surface area (Å²) in [7, 11) is -3.91. The fourth-order valence-electron chi connectivity index (χ4n) is 4.43. The average Bonchev–Trinajstić information content (AvgIpc) is 3.25. The van der Waals surface area contributed by atoms with E-state index in [1.54, 1.807) is 36.4 Å². The number of aromatic nitrogens is 1. The quantitative estimate of drug-likeness (QED) is 0.129. The van der Waals surface area contributed by atoms with Crippen LogP contribution < -0.4 is 8.92 Å². The lowest BCUT2D eigenvalue weighted by Gasteiger charge is -2.18. The summed E-state index contributed by atoms with van der Waals surface area (Å²) >= 11 is 0. The fourth-order valence-corrected chi connectivity index (χ4v) is 5.36. The molecule has 0 saturated carbocycles. The minimum absolute atomic E-state index is 0.123. The highest BCUT2D eigenvalue weighted by Crippen LogP contribution is 2.31. The van der Waals surface area contributed by atoms with Crippen molar-refractivity contribution in [1.82, 2.24) is 4.57 Å². The number of fused-ring (bicyclic) bond motifs is 1. The van der Waals surface area contributed by atoms with Gasteiger partial charge in [-0.05, 0) is 79.8 Å². The van der Waals surface area contributed by atoms with E-state index in [1.165, 1.54) is 0 Å². The highest BCUT2D eigenvalue weighted by atomic mass is 32.2. The number of unbranched alkanes of at least 4 members (excludes halogenated alkanes) is 1. The summed E-state index contributed by atoms with van der Waals surface area (Å²) in [4.78, 5) is 12.3. The molecular formula is C30H33NO5S. The second kappa shape index (κ2) is 11.2. The Morgan fingerprint density at radius 3 is 2.49 bits per heavy atom. The average molecular weight is 520 g/mol. The summed E-state index contributed by atoms with van der Waals surface area (Å²) in [6.45, 7) is 8.78. The molecule has 1 aromatic heterocycles. The number of carbonyl (C=O) groups excluding carboxylic acids is 1. The van der Waals surface area contributed by atoms with Gasteiger partial charge in [0.25, 0.3) is 0 Å². The second-order valence-electron chi connectivity index (χ2n) is 9.49. The Morgan fingerprint density at radius 2 is 1.76 bits per heavy atom. The van der Waals surface area contributed by atoms with Crippen LogP contribution in [0.4, 0.5) is 0 Å². The number of ether oxygens (including phenoxy) is 1. The molecule has 194 valence electrons. The van der Waals surface area contributed by atoms with Crippen LogP contribution in [0, 0.1) is 13.8 Å². The van der Waals surface area contributed by atoms with Crippen molar-refractivity contribution in [3.8, 4) is 11.5 Å². The van der Waals surface area contributed by atoms with Crippen molar-refractivity contribution in [1.29, 1.82) is 0 Å². The molecule has 1 atom stereocenters. The molecule has 37 heavy (non-hydrogen) atoms. The van der Waals surface area contributed by atoms with Crippen LogP contribution in [0.2, 0.25) is 0 Å². The van der Waals surface area contributed by atoms with E-state index in [1.807, 2.05) is 51.2 Å². The van der Waals surface area contributed by atoms with Gasteiger partial charge in [-0.2, -0.15) is 8.42 Å². The van der Waals surface area contributed by atoms with Crippen LogP contribution in [-0.4, -0.2) is 19.0 Å². The lowest BCUT2D eigenvalue weighted by Crippen LogP contribution is -2.11. The zero-order valence-corrected chi connectivity index (χ0v) is 22.5. The summed E-state index contributed by atoms with van der Waals surface area (Å²) in [6.07, 6.45) is 4.18. The maximum atomic E-state index is 12.7. The van der Waals surface area contributed by atoms with Crippen molar-refractivity contribution < 1.29 is 22.1 Å². The Hall–Kier alpha value is -3.58. The summed E-state index contributed by atoms with van der Waals surface area (Å²) < 4.78 is 38.5. The molecule has 1 heterocycles. The predicted molar refractivity (Wildman–Crippen MR) is 146 cm³/mol. The minimum Gasteiger partial charge on any atom is -0.426 e. The van der Waals surface area contributed by atoms with Gasteiger partial charge in [0, 0.05) is 30.1 Å². The number of hydrogen-bond donors (Lipinski definition) is 0. The van der Waals surface area contributed by atoms with Crippen LogP contribution >= 0.6 is 0 Å². The molecule has 4 aromatic rings. The third-order valence-electron chi connectivity index (χ3n) is 6.54. The first-order valence-electron chi connectivity index (χ1n) is 12.6. The Balaban J connectivity index is 1.50. The molecule has 0 saturated heterocycles. The number of esters is 1. The van der Waals surface area contributed by atoms with Gasteiger partial charge in [-0.15, -0.1) is 0 Å². The monoisotopic (exact) mass is 519 g/mol. The molecule has 0 spiro atoms. The summed E-state index contributed by atoms with van der Waals surface area (Å²) in [5.74, 6) is 0.836. The van der Waals surface area contributed by atoms with Gasteiger partial charge in [0.2, 0.25) is 0 Å². The number of benzene rings is 3. The summed E-state index contributed by atoms with van der Waals surface area (Å²) in [6, 6.07) is 19.7. The van der Waals surface area contributed by atoms with E-state index in [-0.39, 0.29) is 22.5 Å². The van der Waals surface area contributed by atoms with Crippen LogP contribution in [0.1, 0.15) is 55.7 Å². The SMILES string of the molecule is CCCCC(=O)Oc1cccc(C(C)Cn2ccc3cc(OS(=O)(=O)c4ccc(C)cc4)ccc32)c1C. The molecule has 3 aromatic carbocycles. The van der Waals surface area contributed by atoms with Gasteiger partial charge in [-0.25, -0.2) is 0 Å². The van der Waals surface area contributed by atoms with E-state index >= 15 is 0 Å². The van der Waals surface area contributed by atoms with Crippen LogP contribution in [0.5, 0.6) is 11.5 Å². The molecule has 0 fully saturated rings. The number of rotatable bonds is 10. The summed E-state index contributed by atoms with van der Waals surface area (Å²) in [5, 5.41) is 0.888. The molecule has 1 unspecified atom stereocenters. The van der Waals surface area contributed by atoms with Gasteiger partial charge in [0.1, 0.15) is 16.4 Å². The minimum atomic E-state index is -3.91. The van der Waals surface area contributed by atoms with Crippen molar-refractivity contribution in [3.05, 3.63) is 89.6 Å². The van der Waals surface area contributed by atoms with Gasteiger partial charge in [-0.1, -0.05) is 50.1 Å². The number of nitrogens with zero attached hydrogens (tertiary/aromatic N) is 1. The van der Waals surface area contributed by atoms with Crippen molar-refractivity contribution >= 4 is 27.0 Å². The largest absolute Gasteiger partial charge is 0.426 e. The Morgan fingerprint density at radius 1 is 1.00 bits per heavy atom. The Labute approximate surface area is 219 Å². The van der Waals surface area contributed by atoms with Crippen LogP contribution in [0.15, 0.2) is 77.8 Å². The van der Waals surface area contributed by atoms with Crippen molar-refractivity contribution in [2.75, 3.05) is 0 Å². The van der Waals surface area contributed by atoms with E-state index < -0.39 is 10.1 Å². The van der Waals surface area contributed by atoms with E-state index in [0.717, 1.165) is 40.4 Å². The molecule has 0 N–H and O–H groups in total. The van der Waals surface area contributed by atoms with Crippen LogP contribution in [-0.2, 0) is 21.5 Å². The van der Waals surface area contributed by atoms with Gasteiger partial charge < -0.3 is 13.5 Å². The van der Waals surface area contributed by atoms with E-state index in [4.69, 9.17) is 8.92 Å². The summed E-state index contributed by atoms with van der Waals surface area (Å²) in [5.41, 5.74) is 4.04. The standard InChI is InChI=1S/C30H33NO5S/c1-5-6-10-30(32)35-29-9-7-8-27(23(29)4)22(3)20-31-18-17-24-19-25(13-16-28(24)31)36-37(33,34)26-14-11-21(2)12-15-26/h7-9,11-19,22H,5-6,10,20H2,1-4H3. The Kier molecular flexibility index (Phi) is 8.03. The smallest absolute Gasteiger partial charge is 0.339 e. The fraction of sp³-hybridized carbons (Fsp3) is 0.300. The first-order valence-corrected chi connectivity index (χ1v) is 14.0. The zero-order chi connectivity index (χ0) is 26.6. The normalized spacial score (nSPS) is 12.4. The Bertz CT molecular complexity index is 1500. The number of hydrogen-bond acceptors (Lipinski definition) is 5. The molecular weight excluding hydrogens is 486 g/mol. The second-order valence-corrected chi connectivity index (χ2v) is 11.0. The lowest BCUT2D eigenvalue weighted by molar-refractivity contribution is -0.134. The highest BCUT2D eigenvalue weighted by Gasteiger charge is 2.18. The van der Waals surface area contributed by atoms with Gasteiger partial charge in [0.05, 0.1) is 0 Å². The molecule has 0 bridgehead atoms. The molecule has 0 aliphatic heterocycles. The van der Waals surface area contributed by atoms with Gasteiger partial charge in [0.15, 0.2) is 0 Å².